The van der Waals surface area contributed by atoms with Crippen LogP contribution in [0.2, 0.25) is 0 Å². The topological polar surface area (TPSA) is 0 Å². The molecule has 0 heteroatoms. The normalized spacial score (nSPS) is 10.8. The van der Waals surface area contributed by atoms with E-state index in [0.717, 1.165) is 0 Å². The number of hydrogen-bond acceptors (Lipinski definition) is 0. The van der Waals surface area contributed by atoms with Gasteiger partial charge in [0.25, 0.3) is 0 Å². The molecule has 0 unspecified atom stereocenters. The molecular formula is C134H112. The van der Waals surface area contributed by atoms with Crippen LogP contribution in [0.1, 0.15) is 55.6 Å². The lowest BCUT2D eigenvalue weighted by atomic mass is 9.98. The Morgan fingerprint density at radius 3 is 0.896 bits per heavy atom. The summed E-state index contributed by atoms with van der Waals surface area (Å²) in [7, 11) is 0. The SMILES string of the molecule is Cc1c2ccccc2cc2ccccc12.Cc1cc2ccccc2c2ccccc12.Cc1ccc2c(ccc3ccccc32)c1.Cc1ccc2cc3ccccc3cc2c1.Cc1ccc2ccccc2c1.Cc1cccc2c1ccc1ccccc12.Cc1cccc2cc3ccccc3cc12.Cc1cccc2ccc3ccccc3c12.Cc1cccc2ccccc12.Cc1ccccc1. The van der Waals surface area contributed by atoms with Crippen LogP contribution in [0.5, 0.6) is 0 Å². The van der Waals surface area contributed by atoms with E-state index in [4.69, 9.17) is 0 Å². The quantitative estimate of drug-likeness (QED) is 0.105. The zero-order valence-electron chi connectivity index (χ0n) is 78.3. The molecule has 0 amide bonds. The second-order valence-electron chi connectivity index (χ2n) is 35.2. The largest absolute Gasteiger partial charge is 0.0622 e. The van der Waals surface area contributed by atoms with Gasteiger partial charge in [0.15, 0.2) is 0 Å². The molecule has 0 N–H and O–H groups in total. The fourth-order valence-electron chi connectivity index (χ4n) is 18.5. The summed E-state index contributed by atoms with van der Waals surface area (Å²) in [6.07, 6.45) is 0. The summed E-state index contributed by atoms with van der Waals surface area (Å²) in [4.78, 5) is 0. The standard InChI is InChI=1S/7C15H12.2C11H10.C7H8/c1-11-14-8-4-2-6-12(14)10-13-7-3-5-9-15(11)13;1-11-5-4-7-13-10-9-12-6-2-3-8-14(12)15(11)13;1-11-10-12-6-2-3-8-14(12)15-9-5-4-7-13(11)15;1-11-5-4-8-14-9-12-6-2-3-7-13(12)10-15(11)14;1-11-5-4-8-15-13(11)10-9-12-6-2-3-7-14(12)15;1-11-6-9-15-13(10-11)8-7-12-4-2-3-5-14(12)15;1-11-6-7-14-9-12-4-2-3-5-13(12)10-15(14)8-11;1-9-5-4-7-10-6-2-3-8-11(9)10;1-9-6-7-10-4-2-3-5-11(10)8-9;1-7-5-3-2-4-6-7/h7*2-10H,1H3;2*2-8H,1H3;2-6H,1H3. The molecule has 26 rings (SSSR count). The molecule has 0 atom stereocenters. The fourth-order valence-corrected chi connectivity index (χ4v) is 18.5. The van der Waals surface area contributed by atoms with E-state index in [1.807, 2.05) is 18.2 Å². The summed E-state index contributed by atoms with van der Waals surface area (Å²) in [5, 5.41) is 42.8. The van der Waals surface area contributed by atoms with Gasteiger partial charge in [-0.2, -0.15) is 0 Å². The van der Waals surface area contributed by atoms with Crippen LogP contribution in [0.15, 0.2) is 497 Å². The zero-order valence-corrected chi connectivity index (χ0v) is 78.3. The summed E-state index contributed by atoms with van der Waals surface area (Å²) < 4.78 is 0. The van der Waals surface area contributed by atoms with Gasteiger partial charge in [0.2, 0.25) is 0 Å². The van der Waals surface area contributed by atoms with Crippen molar-refractivity contribution in [3.63, 3.8) is 0 Å². The Labute approximate surface area is 789 Å². The Kier molecular flexibility index (Phi) is 28.6. The zero-order chi connectivity index (χ0) is 92.2. The minimum atomic E-state index is 1.31. The highest BCUT2D eigenvalue weighted by atomic mass is 14.1. The second-order valence-corrected chi connectivity index (χ2v) is 35.2. The molecule has 0 nitrogen and oxygen atoms in total. The molecule has 0 bridgehead atoms. The lowest BCUT2D eigenvalue weighted by molar-refractivity contribution is 1.48. The molecule has 0 heterocycles. The maximum Gasteiger partial charge on any atom is -0.00761 e. The highest BCUT2D eigenvalue weighted by molar-refractivity contribution is 6.12. The molecule has 0 aliphatic heterocycles. The fraction of sp³-hybridized carbons (Fsp3) is 0.0746. The number of fused-ring (bicyclic) bond motifs is 20. The van der Waals surface area contributed by atoms with Crippen molar-refractivity contribution in [2.45, 2.75) is 69.2 Å². The van der Waals surface area contributed by atoms with Crippen LogP contribution in [0, 0.1) is 69.2 Å². The number of benzene rings is 26. The molecule has 0 saturated carbocycles. The van der Waals surface area contributed by atoms with Gasteiger partial charge in [-0.15, -0.1) is 0 Å². The molecule has 0 aromatic heterocycles. The molecule has 0 aliphatic carbocycles. The van der Waals surface area contributed by atoms with E-state index in [-0.39, 0.29) is 0 Å². The highest BCUT2D eigenvalue weighted by Crippen LogP contribution is 2.35. The third kappa shape index (κ3) is 21.5. The average molecular weight is 1720 g/mol. The Morgan fingerprint density at radius 2 is 0.351 bits per heavy atom. The predicted octanol–water partition coefficient (Wildman–Crippen LogP) is 38.4. The van der Waals surface area contributed by atoms with Crippen molar-refractivity contribution >= 4 is 172 Å². The van der Waals surface area contributed by atoms with E-state index >= 15 is 0 Å². The predicted molar refractivity (Wildman–Crippen MR) is 592 cm³/mol. The van der Waals surface area contributed by atoms with Crippen molar-refractivity contribution in [3.05, 3.63) is 553 Å². The summed E-state index contributed by atoms with van der Waals surface area (Å²) in [5.74, 6) is 0. The van der Waals surface area contributed by atoms with Crippen molar-refractivity contribution in [1.82, 2.24) is 0 Å². The maximum absolute atomic E-state index is 2.28. The minimum Gasteiger partial charge on any atom is -0.0622 e. The smallest absolute Gasteiger partial charge is 0.00761 e. The summed E-state index contributed by atoms with van der Waals surface area (Å²) >= 11 is 0. The van der Waals surface area contributed by atoms with Gasteiger partial charge < -0.3 is 0 Å². The Balaban J connectivity index is 0.000000104. The third-order valence-electron chi connectivity index (χ3n) is 25.6. The van der Waals surface area contributed by atoms with Crippen molar-refractivity contribution in [3.8, 4) is 0 Å². The van der Waals surface area contributed by atoms with Crippen LogP contribution in [0.4, 0.5) is 0 Å². The molecule has 0 saturated heterocycles. The molecule has 0 aliphatic rings. The van der Waals surface area contributed by atoms with Gasteiger partial charge in [-0.05, 0) is 305 Å². The molecule has 134 heavy (non-hydrogen) atoms. The van der Waals surface area contributed by atoms with E-state index < -0.39 is 0 Å². The maximum atomic E-state index is 2.28. The summed E-state index contributed by atoms with van der Waals surface area (Å²) in [6.45, 7) is 21.5. The van der Waals surface area contributed by atoms with E-state index in [2.05, 4.69) is 548 Å². The van der Waals surface area contributed by atoms with Crippen molar-refractivity contribution in [1.29, 1.82) is 0 Å². The minimum absolute atomic E-state index is 1.31. The second kappa shape index (κ2) is 42.6. The Bertz CT molecular complexity index is 8420. The van der Waals surface area contributed by atoms with Gasteiger partial charge in [-0.3, -0.25) is 0 Å². The van der Waals surface area contributed by atoms with Crippen LogP contribution in [0.3, 0.4) is 0 Å². The molecular weight excluding hydrogens is 1610 g/mol. The summed E-state index contributed by atoms with van der Waals surface area (Å²) in [5.41, 5.74) is 13.4. The first-order valence-corrected chi connectivity index (χ1v) is 46.6. The summed E-state index contributed by atoms with van der Waals surface area (Å²) in [6, 6.07) is 176. The lowest BCUT2D eigenvalue weighted by Crippen LogP contribution is -1.81. The van der Waals surface area contributed by atoms with Crippen LogP contribution < -0.4 is 0 Å². The van der Waals surface area contributed by atoms with Crippen LogP contribution in [0.25, 0.3) is 172 Å². The Hall–Kier alpha value is -16.1. The first kappa shape index (κ1) is 89.8. The van der Waals surface area contributed by atoms with Crippen molar-refractivity contribution in [2.75, 3.05) is 0 Å². The van der Waals surface area contributed by atoms with E-state index in [1.54, 1.807) is 0 Å². The number of aryl methyl sites for hydroxylation is 10. The first-order chi connectivity index (χ1) is 65.6. The highest BCUT2D eigenvalue weighted by Gasteiger charge is 2.09. The van der Waals surface area contributed by atoms with E-state index in [9.17, 15) is 0 Å². The van der Waals surface area contributed by atoms with Crippen LogP contribution in [-0.4, -0.2) is 0 Å². The van der Waals surface area contributed by atoms with Crippen molar-refractivity contribution < 1.29 is 0 Å². The van der Waals surface area contributed by atoms with Crippen LogP contribution >= 0.6 is 0 Å². The van der Waals surface area contributed by atoms with E-state index in [1.165, 1.54) is 228 Å². The van der Waals surface area contributed by atoms with Gasteiger partial charge in [-0.25, -0.2) is 0 Å². The van der Waals surface area contributed by atoms with E-state index in [0.29, 0.717) is 0 Å². The molecule has 0 spiro atoms. The van der Waals surface area contributed by atoms with Gasteiger partial charge in [0.1, 0.15) is 0 Å². The van der Waals surface area contributed by atoms with Crippen molar-refractivity contribution in [2.24, 2.45) is 0 Å². The number of rotatable bonds is 0. The lowest BCUT2D eigenvalue weighted by Gasteiger charge is -2.06. The van der Waals surface area contributed by atoms with Gasteiger partial charge in [0, 0.05) is 0 Å². The van der Waals surface area contributed by atoms with Gasteiger partial charge in [-0.1, -0.05) is 489 Å². The molecule has 648 valence electrons. The van der Waals surface area contributed by atoms with Crippen LogP contribution in [-0.2, 0) is 0 Å². The average Bonchev–Trinajstić information content (AvgIpc) is 0.792. The monoisotopic (exact) mass is 1720 g/mol. The first-order valence-electron chi connectivity index (χ1n) is 46.6. The molecule has 0 fully saturated rings. The molecule has 26 aromatic carbocycles. The molecule has 26 aromatic rings. The van der Waals surface area contributed by atoms with Gasteiger partial charge in [0.05, 0.1) is 0 Å². The number of hydrogen-bond donors (Lipinski definition) is 0. The Morgan fingerprint density at radius 1 is 0.0970 bits per heavy atom. The van der Waals surface area contributed by atoms with Gasteiger partial charge >= 0.3 is 0 Å². The third-order valence-corrected chi connectivity index (χ3v) is 25.6. The molecule has 0 radical (unpaired) electrons.